The van der Waals surface area contributed by atoms with Crippen molar-refractivity contribution in [1.82, 2.24) is 4.90 Å². The highest BCUT2D eigenvalue weighted by atomic mass is 16.4. The number of nitriles is 1. The number of nitrogens with zero attached hydrogens (tertiary/aromatic N) is 2. The molecule has 0 saturated heterocycles. The van der Waals surface area contributed by atoms with Crippen molar-refractivity contribution < 1.29 is 9.90 Å². The van der Waals surface area contributed by atoms with Crippen LogP contribution in [0.1, 0.15) is 33.6 Å². The SMILES string of the molecule is CCCC(C(=O)O)N(CC)CC(C)C#N. The Morgan fingerprint density at radius 1 is 1.53 bits per heavy atom. The van der Waals surface area contributed by atoms with E-state index in [2.05, 4.69) is 6.07 Å². The van der Waals surface area contributed by atoms with E-state index in [4.69, 9.17) is 10.4 Å². The zero-order chi connectivity index (χ0) is 11.8. The van der Waals surface area contributed by atoms with Gasteiger partial charge in [0.15, 0.2) is 0 Å². The van der Waals surface area contributed by atoms with E-state index in [9.17, 15) is 4.79 Å². The summed E-state index contributed by atoms with van der Waals surface area (Å²) in [4.78, 5) is 12.9. The van der Waals surface area contributed by atoms with Crippen LogP contribution < -0.4 is 0 Å². The average molecular weight is 212 g/mol. The largest absolute Gasteiger partial charge is 0.480 e. The molecule has 4 heteroatoms. The summed E-state index contributed by atoms with van der Waals surface area (Å²) < 4.78 is 0. The van der Waals surface area contributed by atoms with Crippen LogP contribution in [-0.2, 0) is 4.79 Å². The van der Waals surface area contributed by atoms with Crippen LogP contribution in [-0.4, -0.2) is 35.1 Å². The molecular weight excluding hydrogens is 192 g/mol. The molecule has 0 fully saturated rings. The molecule has 15 heavy (non-hydrogen) atoms. The normalized spacial score (nSPS) is 14.6. The highest BCUT2D eigenvalue weighted by Gasteiger charge is 2.24. The quantitative estimate of drug-likeness (QED) is 0.698. The van der Waals surface area contributed by atoms with Crippen molar-refractivity contribution in [2.75, 3.05) is 13.1 Å². The molecule has 2 atom stereocenters. The fraction of sp³-hybridized carbons (Fsp3) is 0.818. The maximum Gasteiger partial charge on any atom is 0.320 e. The van der Waals surface area contributed by atoms with Crippen LogP contribution in [0.15, 0.2) is 0 Å². The van der Waals surface area contributed by atoms with Crippen LogP contribution >= 0.6 is 0 Å². The Kier molecular flexibility index (Phi) is 6.72. The van der Waals surface area contributed by atoms with Gasteiger partial charge in [0.25, 0.3) is 0 Å². The number of carboxylic acid groups (broad SMARTS) is 1. The molecule has 0 rings (SSSR count). The van der Waals surface area contributed by atoms with Gasteiger partial charge in [-0.1, -0.05) is 20.3 Å². The maximum absolute atomic E-state index is 11.0. The molecule has 0 aliphatic heterocycles. The van der Waals surface area contributed by atoms with Crippen LogP contribution in [0.2, 0.25) is 0 Å². The van der Waals surface area contributed by atoms with Crippen molar-refractivity contribution in [2.45, 2.75) is 39.7 Å². The molecule has 0 aliphatic rings. The molecule has 0 saturated carbocycles. The molecule has 0 heterocycles. The average Bonchev–Trinajstić information content (AvgIpc) is 2.22. The van der Waals surface area contributed by atoms with Crippen LogP contribution in [0.25, 0.3) is 0 Å². The van der Waals surface area contributed by atoms with Crippen molar-refractivity contribution in [3.63, 3.8) is 0 Å². The summed E-state index contributed by atoms with van der Waals surface area (Å²) >= 11 is 0. The van der Waals surface area contributed by atoms with Gasteiger partial charge in [0.2, 0.25) is 0 Å². The van der Waals surface area contributed by atoms with Gasteiger partial charge in [-0.3, -0.25) is 9.69 Å². The topological polar surface area (TPSA) is 64.3 Å². The molecule has 4 nitrogen and oxygen atoms in total. The molecule has 0 aromatic carbocycles. The van der Waals surface area contributed by atoms with Crippen molar-refractivity contribution in [3.05, 3.63) is 0 Å². The molecule has 0 spiro atoms. The summed E-state index contributed by atoms with van der Waals surface area (Å²) in [5, 5.41) is 17.8. The predicted molar refractivity (Wildman–Crippen MR) is 58.4 cm³/mol. The maximum atomic E-state index is 11.0. The lowest BCUT2D eigenvalue weighted by Crippen LogP contribution is -2.43. The molecule has 0 aromatic rings. The van der Waals surface area contributed by atoms with Gasteiger partial charge in [0.05, 0.1) is 12.0 Å². The van der Waals surface area contributed by atoms with Crippen LogP contribution in [0.4, 0.5) is 0 Å². The zero-order valence-electron chi connectivity index (χ0n) is 9.73. The highest BCUT2D eigenvalue weighted by Crippen LogP contribution is 2.10. The standard InChI is InChI=1S/C11H20N2O2/c1-4-6-10(11(14)15)13(5-2)8-9(3)7-12/h9-10H,4-6,8H2,1-3H3,(H,14,15). The summed E-state index contributed by atoms with van der Waals surface area (Å²) in [6.45, 7) is 6.91. The second-order valence-corrected chi connectivity index (χ2v) is 3.76. The molecule has 0 radical (unpaired) electrons. The van der Waals surface area contributed by atoms with Crippen LogP contribution in [0.3, 0.4) is 0 Å². The van der Waals surface area contributed by atoms with Gasteiger partial charge in [-0.25, -0.2) is 0 Å². The van der Waals surface area contributed by atoms with E-state index >= 15 is 0 Å². The third-order valence-corrected chi connectivity index (χ3v) is 2.42. The van der Waals surface area contributed by atoms with Crippen molar-refractivity contribution in [2.24, 2.45) is 5.92 Å². The third-order valence-electron chi connectivity index (χ3n) is 2.42. The molecule has 86 valence electrons. The van der Waals surface area contributed by atoms with E-state index < -0.39 is 12.0 Å². The Bertz CT molecular complexity index is 235. The van der Waals surface area contributed by atoms with Gasteiger partial charge in [-0.05, 0) is 19.9 Å². The fourth-order valence-corrected chi connectivity index (χ4v) is 1.60. The monoisotopic (exact) mass is 212 g/mol. The Morgan fingerprint density at radius 2 is 2.13 bits per heavy atom. The molecule has 0 amide bonds. The summed E-state index contributed by atoms with van der Waals surface area (Å²) in [6.07, 6.45) is 1.48. The lowest BCUT2D eigenvalue weighted by molar-refractivity contribution is -0.143. The van der Waals surface area contributed by atoms with Crippen LogP contribution in [0, 0.1) is 17.2 Å². The molecular formula is C11H20N2O2. The van der Waals surface area contributed by atoms with Gasteiger partial charge in [-0.15, -0.1) is 0 Å². The molecule has 0 bridgehead atoms. The van der Waals surface area contributed by atoms with Gasteiger partial charge >= 0.3 is 5.97 Å². The Hall–Kier alpha value is -1.08. The van der Waals surface area contributed by atoms with Crippen molar-refractivity contribution >= 4 is 5.97 Å². The van der Waals surface area contributed by atoms with E-state index in [-0.39, 0.29) is 5.92 Å². The van der Waals surface area contributed by atoms with Gasteiger partial charge in [0.1, 0.15) is 6.04 Å². The van der Waals surface area contributed by atoms with Gasteiger partial charge < -0.3 is 5.11 Å². The van der Waals surface area contributed by atoms with Crippen molar-refractivity contribution in [1.29, 1.82) is 5.26 Å². The van der Waals surface area contributed by atoms with Gasteiger partial charge in [-0.2, -0.15) is 5.26 Å². The second-order valence-electron chi connectivity index (χ2n) is 3.76. The van der Waals surface area contributed by atoms with E-state index in [1.807, 2.05) is 25.7 Å². The minimum absolute atomic E-state index is 0.122. The summed E-state index contributed by atoms with van der Waals surface area (Å²) in [5.41, 5.74) is 0. The van der Waals surface area contributed by atoms with E-state index in [0.717, 1.165) is 6.42 Å². The van der Waals surface area contributed by atoms with Crippen LogP contribution in [0.5, 0.6) is 0 Å². The first-order valence-electron chi connectivity index (χ1n) is 5.43. The summed E-state index contributed by atoms with van der Waals surface area (Å²) in [5.74, 6) is -0.910. The predicted octanol–water partition coefficient (Wildman–Crippen LogP) is 1.72. The molecule has 1 N–H and O–H groups in total. The molecule has 0 aliphatic carbocycles. The number of hydrogen-bond acceptors (Lipinski definition) is 3. The van der Waals surface area contributed by atoms with Crippen molar-refractivity contribution in [3.8, 4) is 6.07 Å². The molecule has 2 unspecified atom stereocenters. The number of rotatable bonds is 7. The first kappa shape index (κ1) is 13.9. The van der Waals surface area contributed by atoms with E-state index in [0.29, 0.717) is 19.5 Å². The number of carboxylic acids is 1. The van der Waals surface area contributed by atoms with E-state index in [1.165, 1.54) is 0 Å². The summed E-state index contributed by atoms with van der Waals surface area (Å²) in [7, 11) is 0. The number of hydrogen-bond donors (Lipinski definition) is 1. The lowest BCUT2D eigenvalue weighted by atomic mass is 10.1. The zero-order valence-corrected chi connectivity index (χ0v) is 9.73. The smallest absolute Gasteiger partial charge is 0.320 e. The summed E-state index contributed by atoms with van der Waals surface area (Å²) in [6, 6.07) is 1.68. The minimum atomic E-state index is -0.788. The highest BCUT2D eigenvalue weighted by molar-refractivity contribution is 5.73. The first-order valence-corrected chi connectivity index (χ1v) is 5.43. The number of likely N-dealkylation sites (N-methyl/N-ethyl adjacent to an activating group) is 1. The third kappa shape index (κ3) is 4.80. The van der Waals surface area contributed by atoms with E-state index in [1.54, 1.807) is 0 Å². The lowest BCUT2D eigenvalue weighted by Gasteiger charge is -2.28. The Morgan fingerprint density at radius 3 is 2.47 bits per heavy atom. The first-order chi connectivity index (χ1) is 7.06. The minimum Gasteiger partial charge on any atom is -0.480 e. The Balaban J connectivity index is 4.45. The fourth-order valence-electron chi connectivity index (χ4n) is 1.60. The second kappa shape index (κ2) is 7.24. The number of carbonyl (C=O) groups is 1. The number of aliphatic carboxylic acids is 1. The molecule has 0 aromatic heterocycles. The Labute approximate surface area is 91.5 Å². The van der Waals surface area contributed by atoms with Gasteiger partial charge in [0, 0.05) is 6.54 Å².